The van der Waals surface area contributed by atoms with Crippen LogP contribution in [0.15, 0.2) is 29.0 Å². The van der Waals surface area contributed by atoms with E-state index < -0.39 is 0 Å². The van der Waals surface area contributed by atoms with E-state index >= 15 is 0 Å². The second kappa shape index (κ2) is 5.45. The van der Waals surface area contributed by atoms with Gasteiger partial charge in [0.25, 0.3) is 5.91 Å². The number of amides is 1. The first-order valence-electron chi connectivity index (χ1n) is 6.15. The molecule has 8 heteroatoms. The number of benzene rings is 1. The molecule has 0 bridgehead atoms. The van der Waals surface area contributed by atoms with E-state index in [1.54, 1.807) is 10.9 Å². The van der Waals surface area contributed by atoms with Crippen LogP contribution in [0.2, 0.25) is 0 Å². The molecule has 0 saturated heterocycles. The normalized spacial score (nSPS) is 11.0. The van der Waals surface area contributed by atoms with Gasteiger partial charge in [0.15, 0.2) is 5.82 Å². The number of carbonyl (C=O) groups excluding carboxylic acids is 1. The van der Waals surface area contributed by atoms with Crippen LogP contribution in [0.25, 0.3) is 10.1 Å². The number of nitrogens with two attached hydrogens (primary N) is 1. The second-order valence-electron chi connectivity index (χ2n) is 4.50. The number of rotatable bonds is 3. The predicted molar refractivity (Wildman–Crippen MR) is 86.1 cm³/mol. The van der Waals surface area contributed by atoms with Gasteiger partial charge < -0.3 is 15.6 Å². The number of halogens is 1. The van der Waals surface area contributed by atoms with Crippen LogP contribution in [-0.4, -0.2) is 20.7 Å². The van der Waals surface area contributed by atoms with Crippen LogP contribution < -0.4 is 11.1 Å². The van der Waals surface area contributed by atoms with E-state index in [0.717, 1.165) is 14.6 Å². The van der Waals surface area contributed by atoms with Gasteiger partial charge in [-0.3, -0.25) is 4.79 Å². The van der Waals surface area contributed by atoms with E-state index in [9.17, 15) is 4.79 Å². The maximum atomic E-state index is 12.3. The van der Waals surface area contributed by atoms with E-state index in [2.05, 4.69) is 31.4 Å². The number of nitrogens with zero attached hydrogens (tertiary/aromatic N) is 3. The van der Waals surface area contributed by atoms with Gasteiger partial charge in [-0.1, -0.05) is 22.0 Å². The molecule has 3 N–H and O–H groups in total. The Bertz CT molecular complexity index is 825. The Balaban J connectivity index is 1.87. The smallest absolute Gasteiger partial charge is 0.263 e. The number of anilines is 1. The molecule has 2 aromatic heterocycles. The van der Waals surface area contributed by atoms with Crippen molar-refractivity contribution in [3.05, 3.63) is 39.7 Å². The lowest BCUT2D eigenvalue weighted by atomic mass is 10.2. The molecule has 0 saturated carbocycles. The molecule has 21 heavy (non-hydrogen) atoms. The molecule has 1 aromatic carbocycles. The standard InChI is InChI=1S/C13H12BrN5OS/c1-19-6-17-18-9(19)5-16-13(20)12-11(15)10-7(14)3-2-4-8(10)21-12/h2-4,6H,5,15H2,1H3,(H,16,20). The van der Waals surface area contributed by atoms with E-state index in [0.29, 0.717) is 22.9 Å². The molecule has 0 radical (unpaired) electrons. The minimum atomic E-state index is -0.205. The molecule has 3 rings (SSSR count). The number of nitrogens with one attached hydrogen (secondary N) is 1. The Morgan fingerprint density at radius 3 is 3.00 bits per heavy atom. The van der Waals surface area contributed by atoms with Gasteiger partial charge in [0.2, 0.25) is 0 Å². The Morgan fingerprint density at radius 2 is 2.33 bits per heavy atom. The number of nitrogen functional groups attached to an aromatic ring is 1. The second-order valence-corrected chi connectivity index (χ2v) is 6.41. The third kappa shape index (κ3) is 2.52. The van der Waals surface area contributed by atoms with Crippen molar-refractivity contribution < 1.29 is 4.79 Å². The molecule has 3 aromatic rings. The van der Waals surface area contributed by atoms with Gasteiger partial charge in [0.1, 0.15) is 11.2 Å². The van der Waals surface area contributed by atoms with Crippen LogP contribution in [0.4, 0.5) is 5.69 Å². The van der Waals surface area contributed by atoms with Crippen LogP contribution in [-0.2, 0) is 13.6 Å². The molecule has 0 atom stereocenters. The quantitative estimate of drug-likeness (QED) is 0.745. The summed E-state index contributed by atoms with van der Waals surface area (Å²) in [5.41, 5.74) is 6.60. The van der Waals surface area contributed by atoms with Gasteiger partial charge in [0, 0.05) is 21.6 Å². The average molecular weight is 366 g/mol. The first-order chi connectivity index (χ1) is 10.1. The van der Waals surface area contributed by atoms with Gasteiger partial charge in [0.05, 0.1) is 12.2 Å². The monoisotopic (exact) mass is 365 g/mol. The maximum absolute atomic E-state index is 12.3. The Morgan fingerprint density at radius 1 is 1.52 bits per heavy atom. The summed E-state index contributed by atoms with van der Waals surface area (Å²) in [4.78, 5) is 12.8. The Labute approximate surface area is 133 Å². The molecular weight excluding hydrogens is 354 g/mol. The zero-order valence-electron chi connectivity index (χ0n) is 11.1. The van der Waals surface area contributed by atoms with Gasteiger partial charge >= 0.3 is 0 Å². The first kappa shape index (κ1) is 14.0. The van der Waals surface area contributed by atoms with Crippen molar-refractivity contribution in [2.45, 2.75) is 6.54 Å². The highest BCUT2D eigenvalue weighted by molar-refractivity contribution is 9.10. The summed E-state index contributed by atoms with van der Waals surface area (Å²) in [5.74, 6) is 0.479. The molecule has 0 aliphatic heterocycles. The summed E-state index contributed by atoms with van der Waals surface area (Å²) in [7, 11) is 1.83. The molecule has 0 unspecified atom stereocenters. The van der Waals surface area contributed by atoms with Crippen molar-refractivity contribution in [1.82, 2.24) is 20.1 Å². The van der Waals surface area contributed by atoms with Crippen LogP contribution >= 0.6 is 27.3 Å². The summed E-state index contributed by atoms with van der Waals surface area (Å²) in [6.07, 6.45) is 1.59. The number of carbonyl (C=O) groups is 1. The van der Waals surface area contributed by atoms with Gasteiger partial charge in [-0.15, -0.1) is 21.5 Å². The largest absolute Gasteiger partial charge is 0.397 e. The van der Waals surface area contributed by atoms with E-state index in [-0.39, 0.29) is 5.91 Å². The fourth-order valence-electron chi connectivity index (χ4n) is 2.00. The number of aryl methyl sites for hydroxylation is 1. The topological polar surface area (TPSA) is 85.8 Å². The average Bonchev–Trinajstić information content (AvgIpc) is 3.01. The summed E-state index contributed by atoms with van der Waals surface area (Å²) < 4.78 is 3.62. The number of fused-ring (bicyclic) bond motifs is 1. The summed E-state index contributed by atoms with van der Waals surface area (Å²) in [6.45, 7) is 0.310. The fourth-order valence-corrected chi connectivity index (χ4v) is 3.78. The summed E-state index contributed by atoms with van der Waals surface area (Å²) in [6, 6.07) is 5.77. The van der Waals surface area contributed by atoms with Crippen molar-refractivity contribution in [2.24, 2.45) is 7.05 Å². The molecule has 2 heterocycles. The molecule has 0 aliphatic rings. The SMILES string of the molecule is Cn1cnnc1CNC(=O)c1sc2cccc(Br)c2c1N. The zero-order chi connectivity index (χ0) is 15.0. The molecular formula is C13H12BrN5OS. The third-order valence-electron chi connectivity index (χ3n) is 3.12. The number of aromatic nitrogens is 3. The molecule has 6 nitrogen and oxygen atoms in total. The highest BCUT2D eigenvalue weighted by Crippen LogP contribution is 2.38. The predicted octanol–water partition coefficient (Wildman–Crippen LogP) is 2.30. The third-order valence-corrected chi connectivity index (χ3v) is 4.95. The highest BCUT2D eigenvalue weighted by Gasteiger charge is 2.18. The van der Waals surface area contributed by atoms with Gasteiger partial charge in [-0.2, -0.15) is 0 Å². The minimum Gasteiger partial charge on any atom is -0.397 e. The first-order valence-corrected chi connectivity index (χ1v) is 7.76. The van der Waals surface area contributed by atoms with Crippen molar-refractivity contribution in [3.8, 4) is 0 Å². The van der Waals surface area contributed by atoms with Crippen molar-refractivity contribution in [3.63, 3.8) is 0 Å². The van der Waals surface area contributed by atoms with Crippen molar-refractivity contribution >= 4 is 48.9 Å². The van der Waals surface area contributed by atoms with Gasteiger partial charge in [-0.25, -0.2) is 0 Å². The van der Waals surface area contributed by atoms with Crippen LogP contribution in [0.5, 0.6) is 0 Å². The lowest BCUT2D eigenvalue weighted by Crippen LogP contribution is -2.24. The van der Waals surface area contributed by atoms with Crippen LogP contribution in [0.1, 0.15) is 15.5 Å². The molecule has 1 amide bonds. The molecule has 0 spiro atoms. The lowest BCUT2D eigenvalue weighted by molar-refractivity contribution is 0.0954. The molecule has 0 fully saturated rings. The number of hydrogen-bond donors (Lipinski definition) is 2. The molecule has 108 valence electrons. The Hall–Kier alpha value is -1.93. The Kier molecular flexibility index (Phi) is 3.64. The van der Waals surface area contributed by atoms with E-state index in [1.807, 2.05) is 25.2 Å². The van der Waals surface area contributed by atoms with E-state index in [1.165, 1.54) is 11.3 Å². The minimum absolute atomic E-state index is 0.205. The fraction of sp³-hybridized carbons (Fsp3) is 0.154. The lowest BCUT2D eigenvalue weighted by Gasteiger charge is -2.03. The maximum Gasteiger partial charge on any atom is 0.263 e. The molecule has 0 aliphatic carbocycles. The van der Waals surface area contributed by atoms with Gasteiger partial charge in [-0.05, 0) is 12.1 Å². The highest BCUT2D eigenvalue weighted by atomic mass is 79.9. The number of thiophene rings is 1. The van der Waals surface area contributed by atoms with Crippen LogP contribution in [0, 0.1) is 0 Å². The summed E-state index contributed by atoms with van der Waals surface area (Å²) in [5, 5.41) is 11.4. The number of hydrogen-bond acceptors (Lipinski definition) is 5. The van der Waals surface area contributed by atoms with Crippen LogP contribution in [0.3, 0.4) is 0 Å². The zero-order valence-corrected chi connectivity index (χ0v) is 13.5. The summed E-state index contributed by atoms with van der Waals surface area (Å²) >= 11 is 4.84. The van der Waals surface area contributed by atoms with Crippen molar-refractivity contribution in [2.75, 3.05) is 5.73 Å². The van der Waals surface area contributed by atoms with E-state index in [4.69, 9.17) is 5.73 Å². The van der Waals surface area contributed by atoms with Crippen molar-refractivity contribution in [1.29, 1.82) is 0 Å².